The Balaban J connectivity index is 2.04. The number of nitrogens with one attached hydrogen (secondary N) is 1. The number of amides is 1. The molecule has 0 saturated heterocycles. The van der Waals surface area contributed by atoms with E-state index < -0.39 is 10.0 Å². The van der Waals surface area contributed by atoms with Crippen molar-refractivity contribution in [1.82, 2.24) is 4.31 Å². The molecule has 0 heterocycles. The lowest BCUT2D eigenvalue weighted by Crippen LogP contribution is -2.38. The number of rotatable bonds is 8. The van der Waals surface area contributed by atoms with Crippen molar-refractivity contribution >= 4 is 21.6 Å². The van der Waals surface area contributed by atoms with Gasteiger partial charge in [0.15, 0.2) is 0 Å². The first-order valence-electron chi connectivity index (χ1n) is 8.23. The smallest absolute Gasteiger partial charge is 0.239 e. The number of carbonyl (C=O) groups is 1. The van der Waals surface area contributed by atoms with Gasteiger partial charge in [-0.1, -0.05) is 30.3 Å². The molecule has 6 nitrogen and oxygen atoms in total. The minimum Gasteiger partial charge on any atom is -0.496 e. The van der Waals surface area contributed by atoms with Crippen molar-refractivity contribution in [3.8, 4) is 5.75 Å². The Labute approximate surface area is 154 Å². The van der Waals surface area contributed by atoms with E-state index in [0.29, 0.717) is 17.9 Å². The van der Waals surface area contributed by atoms with E-state index in [1.807, 2.05) is 49.4 Å². The van der Waals surface area contributed by atoms with Crippen LogP contribution in [-0.2, 0) is 21.2 Å². The van der Waals surface area contributed by atoms with Crippen molar-refractivity contribution in [2.24, 2.45) is 0 Å². The third-order valence-electron chi connectivity index (χ3n) is 3.91. The monoisotopic (exact) mass is 376 g/mol. The molecule has 0 spiro atoms. The molecule has 2 aromatic rings. The molecule has 0 fully saturated rings. The van der Waals surface area contributed by atoms with Crippen molar-refractivity contribution < 1.29 is 17.9 Å². The molecule has 2 rings (SSSR count). The molecule has 26 heavy (non-hydrogen) atoms. The molecular weight excluding hydrogens is 352 g/mol. The van der Waals surface area contributed by atoms with Gasteiger partial charge in [0.25, 0.3) is 0 Å². The molecule has 0 radical (unpaired) electrons. The van der Waals surface area contributed by atoms with Crippen LogP contribution in [-0.4, -0.2) is 45.1 Å². The third kappa shape index (κ3) is 5.86. The van der Waals surface area contributed by atoms with Gasteiger partial charge in [-0.15, -0.1) is 0 Å². The third-order valence-corrected chi connectivity index (χ3v) is 5.16. The van der Waals surface area contributed by atoms with Gasteiger partial charge in [0.1, 0.15) is 5.75 Å². The van der Waals surface area contributed by atoms with Crippen molar-refractivity contribution in [3.05, 3.63) is 59.7 Å². The highest BCUT2D eigenvalue weighted by molar-refractivity contribution is 7.88. The minimum atomic E-state index is -3.52. The molecular formula is C19H24N2O4S. The maximum Gasteiger partial charge on any atom is 0.239 e. The SMILES string of the molecule is COc1ccccc1CCN(CC(=O)Nc1cccc(C)c1)S(C)(=O)=O. The molecule has 140 valence electrons. The van der Waals surface area contributed by atoms with Crippen LogP contribution in [0.2, 0.25) is 0 Å². The number of benzene rings is 2. The number of hydrogen-bond acceptors (Lipinski definition) is 4. The molecule has 0 atom stereocenters. The van der Waals surface area contributed by atoms with Gasteiger partial charge >= 0.3 is 0 Å². The molecule has 7 heteroatoms. The number of anilines is 1. The zero-order valence-corrected chi connectivity index (χ0v) is 16.0. The summed E-state index contributed by atoms with van der Waals surface area (Å²) in [4.78, 5) is 12.3. The van der Waals surface area contributed by atoms with Crippen LogP contribution >= 0.6 is 0 Å². The van der Waals surface area contributed by atoms with Crippen LogP contribution in [0.4, 0.5) is 5.69 Å². The average Bonchev–Trinajstić information content (AvgIpc) is 2.57. The Hall–Kier alpha value is -2.38. The van der Waals surface area contributed by atoms with Crippen molar-refractivity contribution in [2.45, 2.75) is 13.3 Å². The van der Waals surface area contributed by atoms with Crippen LogP contribution in [0.1, 0.15) is 11.1 Å². The van der Waals surface area contributed by atoms with Crippen LogP contribution in [0.25, 0.3) is 0 Å². The van der Waals surface area contributed by atoms with Gasteiger partial charge in [0.05, 0.1) is 19.9 Å². The highest BCUT2D eigenvalue weighted by Gasteiger charge is 2.20. The minimum absolute atomic E-state index is 0.195. The lowest BCUT2D eigenvalue weighted by Gasteiger charge is -2.20. The second-order valence-corrected chi connectivity index (χ2v) is 8.06. The van der Waals surface area contributed by atoms with Crippen LogP contribution in [0, 0.1) is 6.92 Å². The Kier molecular flexibility index (Phi) is 6.76. The first-order valence-corrected chi connectivity index (χ1v) is 10.1. The lowest BCUT2D eigenvalue weighted by atomic mass is 10.1. The Bertz CT molecular complexity index is 865. The zero-order valence-electron chi connectivity index (χ0n) is 15.2. The summed E-state index contributed by atoms with van der Waals surface area (Å²) >= 11 is 0. The van der Waals surface area contributed by atoms with E-state index in [0.717, 1.165) is 17.4 Å². The van der Waals surface area contributed by atoms with Gasteiger partial charge in [0.2, 0.25) is 15.9 Å². The lowest BCUT2D eigenvalue weighted by molar-refractivity contribution is -0.116. The Morgan fingerprint density at radius 1 is 1.15 bits per heavy atom. The van der Waals surface area contributed by atoms with E-state index >= 15 is 0 Å². The van der Waals surface area contributed by atoms with Crippen LogP contribution < -0.4 is 10.1 Å². The number of sulfonamides is 1. The summed E-state index contributed by atoms with van der Waals surface area (Å²) in [6.07, 6.45) is 1.56. The number of methoxy groups -OCH3 is 1. The zero-order chi connectivity index (χ0) is 19.2. The highest BCUT2D eigenvalue weighted by atomic mass is 32.2. The summed E-state index contributed by atoms with van der Waals surface area (Å²) < 4.78 is 30.6. The molecule has 0 aliphatic rings. The van der Waals surface area contributed by atoms with Crippen LogP contribution in [0.15, 0.2) is 48.5 Å². The van der Waals surface area contributed by atoms with Gasteiger partial charge in [-0.25, -0.2) is 8.42 Å². The number of ether oxygens (including phenoxy) is 1. The largest absolute Gasteiger partial charge is 0.496 e. The number of aryl methyl sites for hydroxylation is 1. The molecule has 0 unspecified atom stereocenters. The number of para-hydroxylation sites is 1. The van der Waals surface area contributed by atoms with Gasteiger partial charge in [-0.05, 0) is 42.7 Å². The quantitative estimate of drug-likeness (QED) is 0.768. The van der Waals surface area contributed by atoms with Gasteiger partial charge in [-0.2, -0.15) is 4.31 Å². The molecule has 0 aliphatic carbocycles. The van der Waals surface area contributed by atoms with Gasteiger partial charge < -0.3 is 10.1 Å². The van der Waals surface area contributed by atoms with Gasteiger partial charge in [-0.3, -0.25) is 4.79 Å². The Morgan fingerprint density at radius 2 is 1.88 bits per heavy atom. The summed E-state index contributed by atoms with van der Waals surface area (Å²) in [6, 6.07) is 14.8. The van der Waals surface area contributed by atoms with Crippen molar-refractivity contribution in [1.29, 1.82) is 0 Å². The summed E-state index contributed by atoms with van der Waals surface area (Å²) in [6.45, 7) is 1.88. The molecule has 0 aromatic heterocycles. The summed E-state index contributed by atoms with van der Waals surface area (Å²) in [5.41, 5.74) is 2.55. The van der Waals surface area contributed by atoms with E-state index in [4.69, 9.17) is 4.74 Å². The topological polar surface area (TPSA) is 75.7 Å². The van der Waals surface area contributed by atoms with E-state index in [9.17, 15) is 13.2 Å². The number of nitrogens with zero attached hydrogens (tertiary/aromatic N) is 1. The van der Waals surface area contributed by atoms with Crippen molar-refractivity contribution in [3.63, 3.8) is 0 Å². The van der Waals surface area contributed by atoms with Crippen LogP contribution in [0.3, 0.4) is 0 Å². The highest BCUT2D eigenvalue weighted by Crippen LogP contribution is 2.18. The van der Waals surface area contributed by atoms with E-state index in [-0.39, 0.29) is 19.0 Å². The van der Waals surface area contributed by atoms with Crippen LogP contribution in [0.5, 0.6) is 5.75 Å². The van der Waals surface area contributed by atoms with E-state index in [1.54, 1.807) is 13.2 Å². The molecule has 1 N–H and O–H groups in total. The molecule has 0 bridgehead atoms. The summed E-state index contributed by atoms with van der Waals surface area (Å²) in [5.74, 6) is 0.325. The second-order valence-electron chi connectivity index (χ2n) is 6.08. The first-order chi connectivity index (χ1) is 12.3. The molecule has 2 aromatic carbocycles. The molecule has 0 aliphatic heterocycles. The normalized spacial score (nSPS) is 11.4. The predicted molar refractivity (Wildman–Crippen MR) is 103 cm³/mol. The maximum absolute atomic E-state index is 12.3. The average molecular weight is 376 g/mol. The Morgan fingerprint density at radius 3 is 2.54 bits per heavy atom. The fourth-order valence-electron chi connectivity index (χ4n) is 2.60. The van der Waals surface area contributed by atoms with E-state index in [2.05, 4.69) is 5.32 Å². The fourth-order valence-corrected chi connectivity index (χ4v) is 3.37. The number of hydrogen-bond donors (Lipinski definition) is 1. The van der Waals surface area contributed by atoms with E-state index in [1.165, 1.54) is 4.31 Å². The summed E-state index contributed by atoms with van der Waals surface area (Å²) in [7, 11) is -1.95. The molecule has 0 saturated carbocycles. The maximum atomic E-state index is 12.3. The summed E-state index contributed by atoms with van der Waals surface area (Å²) in [5, 5.41) is 2.74. The number of carbonyl (C=O) groups excluding carboxylic acids is 1. The predicted octanol–water partition coefficient (Wildman–Crippen LogP) is 2.45. The second kappa shape index (κ2) is 8.82. The first kappa shape index (κ1) is 19.9. The van der Waals surface area contributed by atoms with Crippen molar-refractivity contribution in [2.75, 3.05) is 31.8 Å². The van der Waals surface area contributed by atoms with Gasteiger partial charge in [0, 0.05) is 12.2 Å². The standard InChI is InChI=1S/C19H24N2O4S/c1-15-7-6-9-17(13-15)20-19(22)14-21(26(3,23)24)12-11-16-8-4-5-10-18(16)25-2/h4-10,13H,11-12,14H2,1-3H3,(H,20,22). The fraction of sp³-hybridized carbons (Fsp3) is 0.316. The molecule has 1 amide bonds.